The summed E-state index contributed by atoms with van der Waals surface area (Å²) in [5.41, 5.74) is 0. The molecule has 98 valence electrons. The minimum Gasteiger partial charge on any atom is -0.215 e. The predicted octanol–water partition coefficient (Wildman–Crippen LogP) is 2.49. The Bertz CT molecular complexity index is 273. The molecule has 1 N–H and O–H groups in total. The first-order chi connectivity index (χ1) is 7.15. The molecule has 0 spiro atoms. The van der Waals surface area contributed by atoms with Gasteiger partial charge in [0.1, 0.15) is 0 Å². The smallest absolute Gasteiger partial charge is 0.211 e. The van der Waals surface area contributed by atoms with E-state index in [1.165, 1.54) is 0 Å². The van der Waals surface area contributed by atoms with E-state index in [0.717, 1.165) is 0 Å². The molecular weight excluding hydrogens is 222 g/mol. The van der Waals surface area contributed by atoms with E-state index in [1.807, 2.05) is 13.8 Å². The zero-order valence-corrected chi connectivity index (χ0v) is 12.3. The number of sulfonamides is 1. The second-order valence-corrected chi connectivity index (χ2v) is 7.53. The van der Waals surface area contributed by atoms with Gasteiger partial charge in [0.2, 0.25) is 10.0 Å². The maximum Gasteiger partial charge on any atom is 0.211 e. The molecule has 0 aliphatic heterocycles. The summed E-state index contributed by atoms with van der Waals surface area (Å²) >= 11 is 0. The Balaban J connectivity index is 4.31. The van der Waals surface area contributed by atoms with Crippen LogP contribution in [0.1, 0.15) is 41.5 Å². The summed E-state index contributed by atoms with van der Waals surface area (Å²) in [4.78, 5) is 0. The number of hydrogen-bond acceptors (Lipinski definition) is 2. The zero-order chi connectivity index (χ0) is 12.9. The van der Waals surface area contributed by atoms with Gasteiger partial charge in [0.15, 0.2) is 0 Å². The summed E-state index contributed by atoms with van der Waals surface area (Å²) in [6.07, 6.45) is 0. The highest BCUT2D eigenvalue weighted by molar-refractivity contribution is 7.89. The van der Waals surface area contributed by atoms with Crippen molar-refractivity contribution in [2.75, 3.05) is 12.3 Å². The summed E-state index contributed by atoms with van der Waals surface area (Å²) in [6, 6.07) is 0. The lowest BCUT2D eigenvalue weighted by atomic mass is 9.86. The van der Waals surface area contributed by atoms with Gasteiger partial charge in [0.05, 0.1) is 5.75 Å². The van der Waals surface area contributed by atoms with Crippen molar-refractivity contribution < 1.29 is 8.42 Å². The van der Waals surface area contributed by atoms with Crippen molar-refractivity contribution in [2.24, 2.45) is 23.7 Å². The van der Waals surface area contributed by atoms with E-state index in [2.05, 4.69) is 32.4 Å². The maximum absolute atomic E-state index is 11.7. The number of hydrogen-bond donors (Lipinski definition) is 1. The van der Waals surface area contributed by atoms with Gasteiger partial charge in [-0.05, 0) is 23.7 Å². The Kier molecular flexibility index (Phi) is 6.56. The van der Waals surface area contributed by atoms with Gasteiger partial charge in [0.25, 0.3) is 0 Å². The average molecular weight is 249 g/mol. The van der Waals surface area contributed by atoms with Crippen molar-refractivity contribution in [3.63, 3.8) is 0 Å². The van der Waals surface area contributed by atoms with Crippen molar-refractivity contribution in [1.29, 1.82) is 0 Å². The summed E-state index contributed by atoms with van der Waals surface area (Å²) in [7, 11) is -3.09. The van der Waals surface area contributed by atoms with E-state index < -0.39 is 10.0 Å². The molecule has 0 aromatic heterocycles. The van der Waals surface area contributed by atoms with Crippen molar-refractivity contribution in [2.45, 2.75) is 41.5 Å². The molecule has 0 aliphatic rings. The molecule has 0 aromatic rings. The summed E-state index contributed by atoms with van der Waals surface area (Å²) in [5.74, 6) is 1.80. The summed E-state index contributed by atoms with van der Waals surface area (Å²) in [6.45, 7) is 13.0. The highest BCUT2D eigenvalue weighted by Crippen LogP contribution is 2.19. The van der Waals surface area contributed by atoms with Crippen molar-refractivity contribution in [3.8, 4) is 0 Å². The molecule has 0 saturated carbocycles. The lowest BCUT2D eigenvalue weighted by Crippen LogP contribution is -2.36. The maximum atomic E-state index is 11.7. The first-order valence-electron chi connectivity index (χ1n) is 6.13. The average Bonchev–Trinajstić information content (AvgIpc) is 1.99. The Morgan fingerprint density at radius 1 is 0.938 bits per heavy atom. The number of rotatable bonds is 7. The first-order valence-corrected chi connectivity index (χ1v) is 7.78. The van der Waals surface area contributed by atoms with Gasteiger partial charge in [-0.3, -0.25) is 0 Å². The molecule has 0 amide bonds. The van der Waals surface area contributed by atoms with E-state index >= 15 is 0 Å². The van der Waals surface area contributed by atoms with Crippen LogP contribution in [0.25, 0.3) is 0 Å². The monoisotopic (exact) mass is 249 g/mol. The summed E-state index contributed by atoms with van der Waals surface area (Å²) < 4.78 is 26.1. The third kappa shape index (κ3) is 6.48. The second-order valence-electron chi connectivity index (χ2n) is 5.68. The molecule has 0 aromatic carbocycles. The lowest BCUT2D eigenvalue weighted by molar-refractivity contribution is 0.289. The van der Waals surface area contributed by atoms with Crippen LogP contribution in [0.15, 0.2) is 0 Å². The molecule has 3 nitrogen and oxygen atoms in total. The van der Waals surface area contributed by atoms with Gasteiger partial charge in [-0.15, -0.1) is 0 Å². The first kappa shape index (κ1) is 15.9. The molecule has 0 radical (unpaired) electrons. The van der Waals surface area contributed by atoms with E-state index in [-0.39, 0.29) is 11.7 Å². The molecule has 0 aliphatic carbocycles. The normalized spacial score (nSPS) is 13.4. The number of nitrogens with one attached hydrogen (secondary N) is 1. The molecule has 0 bridgehead atoms. The third-order valence-corrected chi connectivity index (χ3v) is 4.52. The second kappa shape index (κ2) is 6.60. The fourth-order valence-electron chi connectivity index (χ4n) is 1.96. The fraction of sp³-hybridized carbons (Fsp3) is 1.00. The SMILES string of the molecule is CC(C)CS(=O)(=O)NCC(C(C)C)C(C)C. The Labute approximate surface area is 101 Å². The van der Waals surface area contributed by atoms with Crippen molar-refractivity contribution in [3.05, 3.63) is 0 Å². The minimum atomic E-state index is -3.09. The predicted molar refractivity (Wildman–Crippen MR) is 69.8 cm³/mol. The van der Waals surface area contributed by atoms with Crippen LogP contribution in [0.3, 0.4) is 0 Å². The lowest BCUT2D eigenvalue weighted by Gasteiger charge is -2.25. The molecule has 4 heteroatoms. The van der Waals surface area contributed by atoms with Crippen LogP contribution in [0, 0.1) is 23.7 Å². The fourth-order valence-corrected chi connectivity index (χ4v) is 3.40. The van der Waals surface area contributed by atoms with Crippen LogP contribution in [-0.4, -0.2) is 20.7 Å². The molecule has 0 unspecified atom stereocenters. The van der Waals surface area contributed by atoms with Crippen LogP contribution in [0.5, 0.6) is 0 Å². The van der Waals surface area contributed by atoms with E-state index in [0.29, 0.717) is 24.3 Å². The standard InChI is InChI=1S/C12H27NO2S/c1-9(2)8-16(14,15)13-7-12(10(3)4)11(5)6/h9-13H,7-8H2,1-6H3. The Morgan fingerprint density at radius 2 is 1.38 bits per heavy atom. The molecule has 16 heavy (non-hydrogen) atoms. The molecular formula is C12H27NO2S. The molecule has 0 atom stereocenters. The van der Waals surface area contributed by atoms with Gasteiger partial charge < -0.3 is 0 Å². The Morgan fingerprint density at radius 3 is 1.69 bits per heavy atom. The van der Waals surface area contributed by atoms with E-state index in [1.54, 1.807) is 0 Å². The highest BCUT2D eigenvalue weighted by atomic mass is 32.2. The van der Waals surface area contributed by atoms with Crippen LogP contribution in [0.2, 0.25) is 0 Å². The van der Waals surface area contributed by atoms with Gasteiger partial charge in [-0.1, -0.05) is 41.5 Å². The van der Waals surface area contributed by atoms with Gasteiger partial charge >= 0.3 is 0 Å². The van der Waals surface area contributed by atoms with Gasteiger partial charge in [-0.2, -0.15) is 0 Å². The topological polar surface area (TPSA) is 46.2 Å². The quantitative estimate of drug-likeness (QED) is 0.753. The van der Waals surface area contributed by atoms with Gasteiger partial charge in [0, 0.05) is 6.54 Å². The van der Waals surface area contributed by atoms with E-state index in [4.69, 9.17) is 0 Å². The molecule has 0 fully saturated rings. The third-order valence-electron chi connectivity index (χ3n) is 2.80. The van der Waals surface area contributed by atoms with Crippen LogP contribution >= 0.6 is 0 Å². The molecule has 0 rings (SSSR count). The Hall–Kier alpha value is -0.0900. The van der Waals surface area contributed by atoms with Crippen LogP contribution < -0.4 is 4.72 Å². The van der Waals surface area contributed by atoms with Crippen molar-refractivity contribution in [1.82, 2.24) is 4.72 Å². The molecule has 0 heterocycles. The van der Waals surface area contributed by atoms with Crippen LogP contribution in [-0.2, 0) is 10.0 Å². The van der Waals surface area contributed by atoms with Crippen molar-refractivity contribution >= 4 is 10.0 Å². The highest BCUT2D eigenvalue weighted by Gasteiger charge is 2.20. The van der Waals surface area contributed by atoms with E-state index in [9.17, 15) is 8.42 Å². The molecule has 0 saturated heterocycles. The van der Waals surface area contributed by atoms with Crippen LogP contribution in [0.4, 0.5) is 0 Å². The zero-order valence-electron chi connectivity index (χ0n) is 11.4. The largest absolute Gasteiger partial charge is 0.215 e. The summed E-state index contributed by atoms with van der Waals surface area (Å²) in [5, 5.41) is 0. The van der Waals surface area contributed by atoms with Gasteiger partial charge in [-0.25, -0.2) is 13.1 Å². The minimum absolute atomic E-state index is 0.175.